The highest BCUT2D eigenvalue weighted by atomic mass is 32.2. The summed E-state index contributed by atoms with van der Waals surface area (Å²) in [6.07, 6.45) is 7.25. The van der Waals surface area contributed by atoms with E-state index in [1.54, 1.807) is 39.1 Å². The van der Waals surface area contributed by atoms with E-state index in [1.165, 1.54) is 22.3 Å². The van der Waals surface area contributed by atoms with E-state index in [0.29, 0.717) is 73.9 Å². The fourth-order valence-corrected chi connectivity index (χ4v) is 8.97. The van der Waals surface area contributed by atoms with Gasteiger partial charge in [0.25, 0.3) is 5.91 Å². The van der Waals surface area contributed by atoms with Gasteiger partial charge in [-0.1, -0.05) is 0 Å². The van der Waals surface area contributed by atoms with E-state index in [-0.39, 0.29) is 34.8 Å². The van der Waals surface area contributed by atoms with E-state index in [0.717, 1.165) is 24.1 Å². The minimum absolute atomic E-state index is 0.0492. The molecule has 0 spiro atoms. The van der Waals surface area contributed by atoms with E-state index < -0.39 is 44.5 Å². The van der Waals surface area contributed by atoms with Crippen molar-refractivity contribution in [2.24, 2.45) is 11.7 Å². The SMILES string of the molecule is Cc1[nH]nc(Nc2ncnc3cc(OCC4CCN(c5cnc(C(=O)N6CCC7CCC(C(=O)O)N7C(=O)C(N)C6)cn5)CC4)c(S(=O)(=O)C(C)(C)C)cc23)c1C. The number of aromatic amines is 1. The highest BCUT2D eigenvalue weighted by Gasteiger charge is 2.44. The molecule has 3 atom stereocenters. The summed E-state index contributed by atoms with van der Waals surface area (Å²) in [5, 5.41) is 20.6. The van der Waals surface area contributed by atoms with Crippen molar-refractivity contribution in [3.8, 4) is 5.75 Å². The Bertz CT molecular complexity index is 2290. The first-order valence-electron chi connectivity index (χ1n) is 19.1. The zero-order chi connectivity index (χ0) is 40.8. The standard InChI is InChI=1S/C38H49N11O7S/c1-21-22(2)45-46-33(21)44-34-25-14-31(57(54,55)38(3,4)5)30(15-27(25)42-20-43-34)56-19-23-8-11-47(12-9-23)32-17-40-28(16-41-32)36(51)48-13-10-24-6-7-29(37(52)53)49(24)35(50)26(39)18-48/h14-17,20,23-24,26,29H,6-13,18-19,39H2,1-5H3,(H,52,53)(H2,42,43,44,45,46). The molecule has 19 heteroatoms. The number of carbonyl (C=O) groups is 3. The van der Waals surface area contributed by atoms with Crippen LogP contribution in [0.25, 0.3) is 10.9 Å². The molecule has 7 rings (SSSR count). The van der Waals surface area contributed by atoms with Gasteiger partial charge in [0.05, 0.1) is 29.3 Å². The number of hydrogen-bond acceptors (Lipinski definition) is 14. The lowest BCUT2D eigenvalue weighted by Crippen LogP contribution is -2.58. The third-order valence-corrected chi connectivity index (χ3v) is 13.9. The summed E-state index contributed by atoms with van der Waals surface area (Å²) >= 11 is 0. The molecule has 3 aliphatic rings. The van der Waals surface area contributed by atoms with Crippen LogP contribution in [0.2, 0.25) is 0 Å². The van der Waals surface area contributed by atoms with E-state index in [9.17, 15) is 27.9 Å². The van der Waals surface area contributed by atoms with Crippen LogP contribution in [0.1, 0.15) is 74.6 Å². The largest absolute Gasteiger partial charge is 0.492 e. The molecule has 3 aliphatic heterocycles. The van der Waals surface area contributed by atoms with Gasteiger partial charge in [0.1, 0.15) is 46.4 Å². The molecule has 0 radical (unpaired) electrons. The summed E-state index contributed by atoms with van der Waals surface area (Å²) in [4.78, 5) is 61.1. The molecular weight excluding hydrogens is 755 g/mol. The first-order chi connectivity index (χ1) is 27.0. The topological polar surface area (TPSA) is 243 Å². The fourth-order valence-electron chi connectivity index (χ4n) is 7.66. The Labute approximate surface area is 330 Å². The van der Waals surface area contributed by atoms with Crippen molar-refractivity contribution in [3.05, 3.63) is 47.8 Å². The normalized spacial score (nSPS) is 21.0. The fraction of sp³-hybridized carbons (Fsp3) is 0.526. The first kappa shape index (κ1) is 39.8. The van der Waals surface area contributed by atoms with Crippen molar-refractivity contribution in [2.45, 2.75) is 94.5 Å². The molecular formula is C38H49N11O7S. The van der Waals surface area contributed by atoms with Crippen LogP contribution in [-0.4, -0.2) is 127 Å². The maximum Gasteiger partial charge on any atom is 0.326 e. The molecule has 3 fully saturated rings. The second kappa shape index (κ2) is 15.5. The lowest BCUT2D eigenvalue weighted by Gasteiger charge is -2.36. The number of carbonyl (C=O) groups excluding carboxylic acids is 2. The predicted molar refractivity (Wildman–Crippen MR) is 210 cm³/mol. The van der Waals surface area contributed by atoms with Crippen molar-refractivity contribution in [3.63, 3.8) is 0 Å². The van der Waals surface area contributed by atoms with E-state index in [2.05, 4.69) is 40.3 Å². The van der Waals surface area contributed by atoms with Crippen LogP contribution in [0.5, 0.6) is 5.75 Å². The summed E-state index contributed by atoms with van der Waals surface area (Å²) in [5.74, 6) is 0.0964. The second-order valence-electron chi connectivity index (χ2n) is 16.1. The number of nitrogens with zero attached hydrogens (tertiary/aromatic N) is 8. The number of aryl methyl sites for hydroxylation is 1. The van der Waals surface area contributed by atoms with Crippen LogP contribution in [-0.2, 0) is 19.4 Å². The number of anilines is 3. The molecule has 5 N–H and O–H groups in total. The number of carboxylic acids is 1. The van der Waals surface area contributed by atoms with Gasteiger partial charge < -0.3 is 35.6 Å². The number of piperidine rings is 1. The van der Waals surface area contributed by atoms with Gasteiger partial charge in [0, 0.05) is 54.9 Å². The van der Waals surface area contributed by atoms with Gasteiger partial charge in [0.15, 0.2) is 15.7 Å². The molecule has 3 unspecified atom stereocenters. The average Bonchev–Trinajstić information content (AvgIpc) is 3.75. The summed E-state index contributed by atoms with van der Waals surface area (Å²) in [6.45, 7) is 10.7. The van der Waals surface area contributed by atoms with Crippen molar-refractivity contribution in [2.75, 3.05) is 43.0 Å². The molecule has 57 heavy (non-hydrogen) atoms. The molecule has 18 nitrogen and oxygen atoms in total. The van der Waals surface area contributed by atoms with Crippen LogP contribution < -0.4 is 20.7 Å². The Hall–Kier alpha value is -5.43. The molecule has 304 valence electrons. The van der Waals surface area contributed by atoms with Gasteiger partial charge in [-0.3, -0.25) is 14.7 Å². The zero-order valence-electron chi connectivity index (χ0n) is 32.7. The van der Waals surface area contributed by atoms with Crippen LogP contribution >= 0.6 is 0 Å². The number of hydrogen-bond donors (Lipinski definition) is 4. The van der Waals surface area contributed by atoms with Gasteiger partial charge in [0.2, 0.25) is 5.91 Å². The number of nitrogens with one attached hydrogen (secondary N) is 2. The zero-order valence-corrected chi connectivity index (χ0v) is 33.5. The number of amides is 2. The van der Waals surface area contributed by atoms with Gasteiger partial charge in [-0.15, -0.1) is 0 Å². The molecule has 6 heterocycles. The number of benzene rings is 1. The summed E-state index contributed by atoms with van der Waals surface area (Å²) in [6, 6.07) is 1.02. The molecule has 3 aromatic heterocycles. The molecule has 3 saturated heterocycles. The third-order valence-electron chi connectivity index (χ3n) is 11.4. The predicted octanol–water partition coefficient (Wildman–Crippen LogP) is 2.99. The minimum atomic E-state index is -3.85. The average molecular weight is 804 g/mol. The summed E-state index contributed by atoms with van der Waals surface area (Å²) in [7, 11) is -3.85. The summed E-state index contributed by atoms with van der Waals surface area (Å²) < 4.78 is 33.1. The number of rotatable bonds is 9. The van der Waals surface area contributed by atoms with Crippen molar-refractivity contribution in [1.82, 2.24) is 39.9 Å². The van der Waals surface area contributed by atoms with Crippen LogP contribution in [0.15, 0.2) is 35.7 Å². The quantitative estimate of drug-likeness (QED) is 0.190. The Morgan fingerprint density at radius 2 is 1.75 bits per heavy atom. The van der Waals surface area contributed by atoms with E-state index >= 15 is 0 Å². The van der Waals surface area contributed by atoms with Gasteiger partial charge in [-0.05, 0) is 78.7 Å². The Kier molecular flexibility index (Phi) is 10.8. The maximum atomic E-state index is 13.9. The lowest BCUT2D eigenvalue weighted by molar-refractivity contribution is -0.150. The first-order valence-corrected chi connectivity index (χ1v) is 20.6. The molecule has 0 bridgehead atoms. The van der Waals surface area contributed by atoms with Gasteiger partial charge in [-0.2, -0.15) is 5.10 Å². The third kappa shape index (κ3) is 7.81. The van der Waals surface area contributed by atoms with E-state index in [4.69, 9.17) is 10.5 Å². The Balaban J connectivity index is 0.996. The Morgan fingerprint density at radius 3 is 2.40 bits per heavy atom. The number of carboxylic acid groups (broad SMARTS) is 1. The summed E-state index contributed by atoms with van der Waals surface area (Å²) in [5.41, 5.74) is 8.66. The smallest absolute Gasteiger partial charge is 0.326 e. The van der Waals surface area contributed by atoms with Crippen molar-refractivity contribution >= 4 is 56.0 Å². The number of H-pyrrole nitrogens is 1. The molecule has 0 saturated carbocycles. The number of nitrogens with two attached hydrogens (primary N) is 1. The number of aliphatic carboxylic acids is 1. The van der Waals surface area contributed by atoms with Crippen LogP contribution in [0, 0.1) is 19.8 Å². The van der Waals surface area contributed by atoms with Crippen molar-refractivity contribution in [1.29, 1.82) is 0 Å². The second-order valence-corrected chi connectivity index (χ2v) is 18.8. The van der Waals surface area contributed by atoms with Gasteiger partial charge >= 0.3 is 5.97 Å². The molecule has 2 amide bonds. The monoisotopic (exact) mass is 803 g/mol. The minimum Gasteiger partial charge on any atom is -0.492 e. The molecule has 1 aromatic carbocycles. The van der Waals surface area contributed by atoms with Crippen LogP contribution in [0.4, 0.5) is 17.5 Å². The number of fused-ring (bicyclic) bond motifs is 2. The number of ether oxygens (including phenoxy) is 1. The lowest BCUT2D eigenvalue weighted by atomic mass is 9.98. The van der Waals surface area contributed by atoms with E-state index in [1.807, 2.05) is 13.8 Å². The van der Waals surface area contributed by atoms with Crippen LogP contribution in [0.3, 0.4) is 0 Å². The number of sulfone groups is 1. The Morgan fingerprint density at radius 1 is 1.00 bits per heavy atom. The van der Waals surface area contributed by atoms with Crippen molar-refractivity contribution < 1.29 is 32.6 Å². The maximum absolute atomic E-state index is 13.9. The number of aromatic nitrogens is 6. The van der Waals surface area contributed by atoms with Gasteiger partial charge in [-0.25, -0.2) is 33.1 Å². The highest BCUT2D eigenvalue weighted by molar-refractivity contribution is 7.92. The highest BCUT2D eigenvalue weighted by Crippen LogP contribution is 2.38. The molecule has 4 aromatic rings. The molecule has 0 aliphatic carbocycles.